The van der Waals surface area contributed by atoms with Crippen molar-refractivity contribution in [3.05, 3.63) is 35.9 Å². The van der Waals surface area contributed by atoms with Crippen molar-refractivity contribution in [1.82, 2.24) is 0 Å². The summed E-state index contributed by atoms with van der Waals surface area (Å²) in [6.07, 6.45) is 5.19. The zero-order valence-electron chi connectivity index (χ0n) is 12.2. The van der Waals surface area contributed by atoms with Crippen molar-refractivity contribution >= 4 is 25.0 Å². The summed E-state index contributed by atoms with van der Waals surface area (Å²) in [7, 11) is -1.16. The highest BCUT2D eigenvalue weighted by molar-refractivity contribution is 8.14. The van der Waals surface area contributed by atoms with Crippen molar-refractivity contribution in [1.29, 1.82) is 0 Å². The van der Waals surface area contributed by atoms with Gasteiger partial charge >= 0.3 is 0 Å². The average Bonchev–Trinajstić information content (AvgIpc) is 2.39. The van der Waals surface area contributed by atoms with E-state index in [0.29, 0.717) is 5.25 Å². The molecule has 2 atom stereocenters. The van der Waals surface area contributed by atoms with Crippen LogP contribution < -0.4 is 0 Å². The van der Waals surface area contributed by atoms with E-state index in [0.717, 1.165) is 11.1 Å². The molecule has 104 valence electrons. The fourth-order valence-electron chi connectivity index (χ4n) is 3.01. The molecule has 3 heteroatoms. The lowest BCUT2D eigenvalue weighted by molar-refractivity contribution is 0.108. The maximum Gasteiger partial charge on any atom is 0.219 e. The van der Waals surface area contributed by atoms with Gasteiger partial charge in [0.25, 0.3) is 0 Å². The first-order valence-corrected chi connectivity index (χ1v) is 11.7. The van der Waals surface area contributed by atoms with Gasteiger partial charge in [0.2, 0.25) is 5.12 Å². The van der Waals surface area contributed by atoms with E-state index in [4.69, 9.17) is 0 Å². The molecule has 1 aromatic rings. The second-order valence-electron chi connectivity index (χ2n) is 6.57. The molecule has 0 N–H and O–H groups in total. The third-order valence-corrected chi connectivity index (χ3v) is 8.56. The predicted octanol–water partition coefficient (Wildman–Crippen LogP) is 5.21. The van der Waals surface area contributed by atoms with E-state index in [1.807, 2.05) is 30.3 Å². The largest absolute Gasteiger partial charge is 0.282 e. The number of rotatable bonds is 3. The van der Waals surface area contributed by atoms with Gasteiger partial charge in [-0.25, -0.2) is 0 Å². The van der Waals surface area contributed by atoms with Gasteiger partial charge in [0.05, 0.1) is 0 Å². The van der Waals surface area contributed by atoms with Crippen molar-refractivity contribution in [2.75, 3.05) is 0 Å². The first kappa shape index (κ1) is 14.9. The summed E-state index contributed by atoms with van der Waals surface area (Å²) in [5.74, 6) is 0. The summed E-state index contributed by atoms with van der Waals surface area (Å²) in [5.41, 5.74) is 1.64. The molecule has 1 saturated carbocycles. The maximum absolute atomic E-state index is 12.4. The minimum atomic E-state index is -1.16. The Labute approximate surface area is 122 Å². The molecular weight excluding hydrogens is 268 g/mol. The van der Waals surface area contributed by atoms with Crippen LogP contribution in [-0.2, 0) is 0 Å². The Bertz CT molecular complexity index is 424. The predicted molar refractivity (Wildman–Crippen MR) is 87.7 cm³/mol. The minimum Gasteiger partial charge on any atom is -0.282 e. The van der Waals surface area contributed by atoms with Gasteiger partial charge in [-0.05, 0) is 12.0 Å². The van der Waals surface area contributed by atoms with Crippen molar-refractivity contribution in [3.8, 4) is 0 Å². The first-order chi connectivity index (χ1) is 8.98. The van der Waals surface area contributed by atoms with Gasteiger partial charge in [0.15, 0.2) is 0 Å². The minimum absolute atomic E-state index is 0.260. The van der Waals surface area contributed by atoms with Crippen LogP contribution in [0, 0.1) is 0 Å². The van der Waals surface area contributed by atoms with Gasteiger partial charge in [-0.1, -0.05) is 81.0 Å². The lowest BCUT2D eigenvalue weighted by Crippen LogP contribution is -2.37. The topological polar surface area (TPSA) is 17.1 Å². The molecule has 1 nitrogen and oxygen atoms in total. The van der Waals surface area contributed by atoms with Crippen molar-refractivity contribution in [2.45, 2.75) is 56.1 Å². The maximum atomic E-state index is 12.4. The van der Waals surface area contributed by atoms with Gasteiger partial charge in [0.1, 0.15) is 0 Å². The lowest BCUT2D eigenvalue weighted by atomic mass is 9.99. The number of carbonyl (C=O) groups excluding carboxylic acids is 1. The number of benzene rings is 1. The van der Waals surface area contributed by atoms with E-state index in [-0.39, 0.29) is 5.12 Å². The second-order valence-corrected chi connectivity index (χ2v) is 13.3. The van der Waals surface area contributed by atoms with Crippen LogP contribution in [0.2, 0.25) is 25.2 Å². The third-order valence-electron chi connectivity index (χ3n) is 4.08. The molecule has 0 amide bonds. The standard InChI is InChI=1S/C16H24OSSi/c1-19(2,3)15-12-8-7-11-14(15)18-16(17)13-9-5-4-6-10-13/h4-6,9-10,14-15H,7-8,11-12H2,1-3H3/t14-,15-/m1/s1. The van der Waals surface area contributed by atoms with Crippen molar-refractivity contribution < 1.29 is 4.79 Å². The summed E-state index contributed by atoms with van der Waals surface area (Å²) in [5, 5.41) is 0.809. The molecule has 0 heterocycles. The Morgan fingerprint density at radius 3 is 2.37 bits per heavy atom. The molecule has 0 saturated heterocycles. The third kappa shape index (κ3) is 3.96. The lowest BCUT2D eigenvalue weighted by Gasteiger charge is -2.38. The summed E-state index contributed by atoms with van der Waals surface area (Å²) >= 11 is 1.60. The van der Waals surface area contributed by atoms with E-state index in [1.165, 1.54) is 25.7 Å². The van der Waals surface area contributed by atoms with E-state index >= 15 is 0 Å². The highest BCUT2D eigenvalue weighted by atomic mass is 32.2. The van der Waals surface area contributed by atoms with Gasteiger partial charge in [-0.3, -0.25) is 4.79 Å². The Morgan fingerprint density at radius 1 is 1.11 bits per heavy atom. The molecule has 0 spiro atoms. The van der Waals surface area contributed by atoms with Crippen LogP contribution in [0.15, 0.2) is 30.3 Å². The molecule has 0 unspecified atom stereocenters. The summed E-state index contributed by atoms with van der Waals surface area (Å²) in [6.45, 7) is 7.34. The highest BCUT2D eigenvalue weighted by Crippen LogP contribution is 2.44. The quantitative estimate of drug-likeness (QED) is 0.711. The zero-order chi connectivity index (χ0) is 13.9. The Hall–Kier alpha value is -0.543. The SMILES string of the molecule is C[Si](C)(C)[C@@H]1CCCC[C@H]1SC(=O)c1ccccc1. The number of hydrogen-bond acceptors (Lipinski definition) is 2. The Kier molecular flexibility index (Phi) is 4.90. The van der Waals surface area contributed by atoms with Crippen LogP contribution >= 0.6 is 11.8 Å². The average molecular weight is 293 g/mol. The Balaban J connectivity index is 2.06. The van der Waals surface area contributed by atoms with E-state index in [1.54, 1.807) is 11.8 Å². The second kappa shape index (κ2) is 6.27. The van der Waals surface area contributed by atoms with Crippen molar-refractivity contribution in [2.24, 2.45) is 0 Å². The van der Waals surface area contributed by atoms with Crippen LogP contribution in [0.1, 0.15) is 36.0 Å². The summed E-state index contributed by atoms with van der Waals surface area (Å²) in [6, 6.07) is 9.73. The molecular formula is C16H24OSSi. The molecule has 19 heavy (non-hydrogen) atoms. The Morgan fingerprint density at radius 2 is 1.74 bits per heavy atom. The molecule has 1 fully saturated rings. The van der Waals surface area contributed by atoms with E-state index in [9.17, 15) is 4.79 Å². The molecule has 0 bridgehead atoms. The number of hydrogen-bond donors (Lipinski definition) is 0. The van der Waals surface area contributed by atoms with Gasteiger partial charge in [-0.15, -0.1) is 0 Å². The molecule has 0 aliphatic heterocycles. The molecule has 0 aromatic heterocycles. The monoisotopic (exact) mass is 292 g/mol. The van der Waals surface area contributed by atoms with E-state index in [2.05, 4.69) is 19.6 Å². The van der Waals surface area contributed by atoms with Gasteiger partial charge in [0, 0.05) is 18.9 Å². The summed E-state index contributed by atoms with van der Waals surface area (Å²) in [4.78, 5) is 12.4. The fourth-order valence-corrected chi connectivity index (χ4v) is 7.92. The van der Waals surface area contributed by atoms with Crippen LogP contribution in [0.4, 0.5) is 0 Å². The van der Waals surface area contributed by atoms with Gasteiger partial charge in [-0.2, -0.15) is 0 Å². The zero-order valence-corrected chi connectivity index (χ0v) is 14.0. The van der Waals surface area contributed by atoms with Gasteiger partial charge < -0.3 is 0 Å². The molecule has 1 aromatic carbocycles. The fraction of sp³-hybridized carbons (Fsp3) is 0.562. The summed E-state index contributed by atoms with van der Waals surface area (Å²) < 4.78 is 0. The normalized spacial score (nSPS) is 24.2. The van der Waals surface area contributed by atoms with Crippen LogP contribution in [0.3, 0.4) is 0 Å². The van der Waals surface area contributed by atoms with E-state index < -0.39 is 8.07 Å². The van der Waals surface area contributed by atoms with Crippen molar-refractivity contribution in [3.63, 3.8) is 0 Å². The first-order valence-electron chi connectivity index (χ1n) is 7.24. The molecule has 0 radical (unpaired) electrons. The van der Waals surface area contributed by atoms with Crippen LogP contribution in [-0.4, -0.2) is 18.4 Å². The molecule has 2 rings (SSSR count). The highest BCUT2D eigenvalue weighted by Gasteiger charge is 2.36. The number of carbonyl (C=O) groups is 1. The molecule has 1 aliphatic rings. The van der Waals surface area contributed by atoms with Crippen LogP contribution in [0.5, 0.6) is 0 Å². The molecule has 1 aliphatic carbocycles. The smallest absolute Gasteiger partial charge is 0.219 e. The number of thioether (sulfide) groups is 1. The van der Waals surface area contributed by atoms with Crippen LogP contribution in [0.25, 0.3) is 0 Å².